The van der Waals surface area contributed by atoms with E-state index in [1.54, 1.807) is 6.07 Å². The van der Waals surface area contributed by atoms with Crippen molar-refractivity contribution < 1.29 is 19.0 Å². The summed E-state index contributed by atoms with van der Waals surface area (Å²) in [5, 5.41) is 9.11. The second-order valence-electron chi connectivity index (χ2n) is 4.83. The zero-order valence-corrected chi connectivity index (χ0v) is 11.2. The van der Waals surface area contributed by atoms with Crippen LogP contribution in [0.5, 0.6) is 0 Å². The minimum Gasteiger partial charge on any atom is -0.481 e. The highest BCUT2D eigenvalue weighted by molar-refractivity contribution is 6.30. The molecule has 0 saturated carbocycles. The van der Waals surface area contributed by atoms with Gasteiger partial charge in [-0.05, 0) is 42.4 Å². The molecule has 3 nitrogen and oxygen atoms in total. The van der Waals surface area contributed by atoms with Crippen molar-refractivity contribution >= 4 is 17.6 Å². The fourth-order valence-corrected chi connectivity index (χ4v) is 2.72. The van der Waals surface area contributed by atoms with Crippen LogP contribution in [0.25, 0.3) is 0 Å². The summed E-state index contributed by atoms with van der Waals surface area (Å²) in [6, 6.07) is 4.56. The molecule has 104 valence electrons. The van der Waals surface area contributed by atoms with Crippen molar-refractivity contribution in [2.45, 2.75) is 25.2 Å². The summed E-state index contributed by atoms with van der Waals surface area (Å²) in [6.45, 7) is 1.27. The van der Waals surface area contributed by atoms with Gasteiger partial charge in [0.25, 0.3) is 0 Å². The summed E-state index contributed by atoms with van der Waals surface area (Å²) in [4.78, 5) is 11.0. The standard InChI is InChI=1S/C14H16ClFO3/c15-12-2-1-10(7-13(12)16)11(8-14(17)18)9-3-5-19-6-4-9/h1-2,7,9,11H,3-6,8H2,(H,17,18). The van der Waals surface area contributed by atoms with E-state index in [4.69, 9.17) is 21.4 Å². The van der Waals surface area contributed by atoms with E-state index in [9.17, 15) is 9.18 Å². The lowest BCUT2D eigenvalue weighted by molar-refractivity contribution is -0.138. The van der Waals surface area contributed by atoms with Crippen LogP contribution >= 0.6 is 11.6 Å². The predicted octanol–water partition coefficient (Wildman–Crippen LogP) is 3.46. The molecule has 0 bridgehead atoms. The number of halogens is 2. The van der Waals surface area contributed by atoms with Crippen molar-refractivity contribution in [2.24, 2.45) is 5.92 Å². The number of aliphatic carboxylic acids is 1. The second-order valence-corrected chi connectivity index (χ2v) is 5.23. The molecule has 1 aliphatic heterocycles. The van der Waals surface area contributed by atoms with Crippen LogP contribution in [0.1, 0.15) is 30.7 Å². The van der Waals surface area contributed by atoms with Gasteiger partial charge in [0, 0.05) is 13.2 Å². The fraction of sp³-hybridized carbons (Fsp3) is 0.500. The molecule has 1 aliphatic rings. The number of ether oxygens (including phenoxy) is 1. The molecule has 0 aliphatic carbocycles. The number of benzene rings is 1. The first-order chi connectivity index (χ1) is 9.08. The minimum atomic E-state index is -0.869. The monoisotopic (exact) mass is 286 g/mol. The van der Waals surface area contributed by atoms with E-state index in [2.05, 4.69) is 0 Å². The molecule has 0 spiro atoms. The Morgan fingerprint density at radius 1 is 1.47 bits per heavy atom. The lowest BCUT2D eigenvalue weighted by Crippen LogP contribution is -2.24. The average Bonchev–Trinajstić information content (AvgIpc) is 2.40. The van der Waals surface area contributed by atoms with Crippen LogP contribution in [-0.4, -0.2) is 24.3 Å². The largest absolute Gasteiger partial charge is 0.481 e. The Labute approximate surface area is 116 Å². The van der Waals surface area contributed by atoms with E-state index in [1.165, 1.54) is 12.1 Å². The van der Waals surface area contributed by atoms with E-state index in [0.717, 1.165) is 12.8 Å². The molecule has 19 heavy (non-hydrogen) atoms. The van der Waals surface area contributed by atoms with Crippen LogP contribution in [0, 0.1) is 11.7 Å². The van der Waals surface area contributed by atoms with E-state index in [0.29, 0.717) is 18.8 Å². The Kier molecular flexibility index (Phi) is 4.77. The summed E-state index contributed by atoms with van der Waals surface area (Å²) in [6.07, 6.45) is 1.62. The van der Waals surface area contributed by atoms with Crippen LogP contribution in [0.3, 0.4) is 0 Å². The van der Waals surface area contributed by atoms with Gasteiger partial charge in [-0.1, -0.05) is 17.7 Å². The first-order valence-corrected chi connectivity index (χ1v) is 6.70. The third kappa shape index (κ3) is 3.67. The van der Waals surface area contributed by atoms with Crippen LogP contribution in [-0.2, 0) is 9.53 Å². The van der Waals surface area contributed by atoms with Crippen LogP contribution in [0.15, 0.2) is 18.2 Å². The Balaban J connectivity index is 2.24. The van der Waals surface area contributed by atoms with Gasteiger partial charge in [-0.2, -0.15) is 0 Å². The molecular weight excluding hydrogens is 271 g/mol. The molecule has 1 saturated heterocycles. The van der Waals surface area contributed by atoms with Gasteiger partial charge < -0.3 is 9.84 Å². The number of hydrogen-bond acceptors (Lipinski definition) is 2. The Morgan fingerprint density at radius 2 is 2.16 bits per heavy atom. The average molecular weight is 287 g/mol. The van der Waals surface area contributed by atoms with Crippen molar-refractivity contribution in [3.8, 4) is 0 Å². The van der Waals surface area contributed by atoms with Crippen LogP contribution in [0.4, 0.5) is 4.39 Å². The van der Waals surface area contributed by atoms with E-state index < -0.39 is 11.8 Å². The lowest BCUT2D eigenvalue weighted by Gasteiger charge is -2.29. The molecule has 5 heteroatoms. The fourth-order valence-electron chi connectivity index (χ4n) is 2.61. The van der Waals surface area contributed by atoms with Crippen molar-refractivity contribution in [1.82, 2.24) is 0 Å². The summed E-state index contributed by atoms with van der Waals surface area (Å²) < 4.78 is 18.8. The first-order valence-electron chi connectivity index (χ1n) is 6.32. The molecule has 1 heterocycles. The highest BCUT2D eigenvalue weighted by Crippen LogP contribution is 2.35. The molecule has 0 amide bonds. The quantitative estimate of drug-likeness (QED) is 0.922. The molecule has 0 aromatic heterocycles. The minimum absolute atomic E-state index is 0.00569. The van der Waals surface area contributed by atoms with Crippen LogP contribution in [0.2, 0.25) is 5.02 Å². The Bertz CT molecular complexity index is 458. The topological polar surface area (TPSA) is 46.5 Å². The molecular formula is C14H16ClFO3. The summed E-state index contributed by atoms with van der Waals surface area (Å²) >= 11 is 5.67. The van der Waals surface area contributed by atoms with Crippen molar-refractivity contribution in [1.29, 1.82) is 0 Å². The van der Waals surface area contributed by atoms with Crippen LogP contribution < -0.4 is 0 Å². The number of rotatable bonds is 4. The molecule has 1 aromatic carbocycles. The number of carbonyl (C=O) groups is 1. The summed E-state index contributed by atoms with van der Waals surface area (Å²) in [5.74, 6) is -1.34. The molecule has 1 N–H and O–H groups in total. The maximum absolute atomic E-state index is 13.5. The zero-order valence-electron chi connectivity index (χ0n) is 10.4. The van der Waals surface area contributed by atoms with Gasteiger partial charge in [0.15, 0.2) is 0 Å². The third-order valence-corrected chi connectivity index (χ3v) is 3.91. The van der Waals surface area contributed by atoms with Gasteiger partial charge in [0.1, 0.15) is 5.82 Å². The smallest absolute Gasteiger partial charge is 0.303 e. The molecule has 0 radical (unpaired) electrons. The zero-order chi connectivity index (χ0) is 13.8. The lowest BCUT2D eigenvalue weighted by atomic mass is 9.79. The third-order valence-electron chi connectivity index (χ3n) is 3.60. The molecule has 1 aromatic rings. The highest BCUT2D eigenvalue weighted by Gasteiger charge is 2.28. The number of hydrogen-bond donors (Lipinski definition) is 1. The van der Waals surface area contributed by atoms with Gasteiger partial charge >= 0.3 is 5.97 Å². The summed E-state index contributed by atoms with van der Waals surface area (Å²) in [7, 11) is 0. The molecule has 1 fully saturated rings. The normalized spacial score (nSPS) is 18.2. The maximum Gasteiger partial charge on any atom is 0.303 e. The maximum atomic E-state index is 13.5. The van der Waals surface area contributed by atoms with Gasteiger partial charge in [-0.3, -0.25) is 4.79 Å². The first kappa shape index (κ1) is 14.3. The SMILES string of the molecule is O=C(O)CC(c1ccc(Cl)c(F)c1)C1CCOCC1. The van der Waals surface area contributed by atoms with Gasteiger partial charge in [-0.25, -0.2) is 4.39 Å². The predicted molar refractivity (Wildman–Crippen MR) is 69.9 cm³/mol. The van der Waals surface area contributed by atoms with Gasteiger partial charge in [0.05, 0.1) is 11.4 Å². The van der Waals surface area contributed by atoms with Crippen molar-refractivity contribution in [2.75, 3.05) is 13.2 Å². The van der Waals surface area contributed by atoms with Crippen molar-refractivity contribution in [3.63, 3.8) is 0 Å². The van der Waals surface area contributed by atoms with E-state index in [1.807, 2.05) is 0 Å². The molecule has 1 unspecified atom stereocenters. The highest BCUT2D eigenvalue weighted by atomic mass is 35.5. The second kappa shape index (κ2) is 6.35. The van der Waals surface area contributed by atoms with Crippen molar-refractivity contribution in [3.05, 3.63) is 34.6 Å². The summed E-state index contributed by atoms with van der Waals surface area (Å²) in [5.41, 5.74) is 0.705. The number of carboxylic acids is 1. The van der Waals surface area contributed by atoms with E-state index >= 15 is 0 Å². The molecule has 2 rings (SSSR count). The van der Waals surface area contributed by atoms with Gasteiger partial charge in [0.2, 0.25) is 0 Å². The molecule has 1 atom stereocenters. The Morgan fingerprint density at radius 3 is 2.74 bits per heavy atom. The number of carboxylic acid groups (broad SMARTS) is 1. The van der Waals surface area contributed by atoms with E-state index in [-0.39, 0.29) is 23.3 Å². The van der Waals surface area contributed by atoms with Gasteiger partial charge in [-0.15, -0.1) is 0 Å². The Hall–Kier alpha value is -1.13.